The molecule has 0 aliphatic heterocycles. The number of halogens is 4. The summed E-state index contributed by atoms with van der Waals surface area (Å²) in [6, 6.07) is 5.44. The van der Waals surface area contributed by atoms with E-state index in [4.69, 9.17) is 0 Å². The van der Waals surface area contributed by atoms with Crippen LogP contribution in [0.4, 0.5) is 13.2 Å². The topological polar surface area (TPSA) is 43.4 Å². The molecule has 2 aromatic carbocycles. The molecule has 0 radical (unpaired) electrons. The van der Waals surface area contributed by atoms with Gasteiger partial charge in [0.25, 0.3) is 0 Å². The number of hydrogen-bond donors (Lipinski definition) is 0. The Kier molecular flexibility index (Phi) is 4.05. The van der Waals surface area contributed by atoms with Crippen LogP contribution in [-0.2, 0) is 10.1 Å². The average molecular weight is 367 g/mol. The molecule has 0 saturated carbocycles. The molecule has 0 bridgehead atoms. The zero-order valence-electron chi connectivity index (χ0n) is 9.61. The van der Waals surface area contributed by atoms with Crippen molar-refractivity contribution in [1.29, 1.82) is 0 Å². The van der Waals surface area contributed by atoms with E-state index in [1.54, 1.807) is 0 Å². The van der Waals surface area contributed by atoms with Crippen LogP contribution in [0.1, 0.15) is 0 Å². The van der Waals surface area contributed by atoms with E-state index in [0.29, 0.717) is 16.6 Å². The summed E-state index contributed by atoms with van der Waals surface area (Å²) in [5.41, 5.74) is 0. The van der Waals surface area contributed by atoms with Gasteiger partial charge in [-0.25, -0.2) is 13.2 Å². The summed E-state index contributed by atoms with van der Waals surface area (Å²) in [6.07, 6.45) is 0. The average Bonchev–Trinajstić information content (AvgIpc) is 2.36. The minimum absolute atomic E-state index is 0.325. The smallest absolute Gasteiger partial charge is 0.342 e. The van der Waals surface area contributed by atoms with Crippen molar-refractivity contribution in [2.24, 2.45) is 0 Å². The summed E-state index contributed by atoms with van der Waals surface area (Å²) in [7, 11) is -4.49. The van der Waals surface area contributed by atoms with Crippen LogP contribution in [0.2, 0.25) is 0 Å². The van der Waals surface area contributed by atoms with Gasteiger partial charge < -0.3 is 4.18 Å². The molecule has 0 aliphatic carbocycles. The van der Waals surface area contributed by atoms with Crippen LogP contribution in [-0.4, -0.2) is 8.42 Å². The van der Waals surface area contributed by atoms with E-state index in [1.807, 2.05) is 0 Å². The van der Waals surface area contributed by atoms with Gasteiger partial charge in [-0.3, -0.25) is 0 Å². The van der Waals surface area contributed by atoms with Gasteiger partial charge in [0.05, 0.1) is 0 Å². The van der Waals surface area contributed by atoms with Crippen LogP contribution in [0.25, 0.3) is 0 Å². The largest absolute Gasteiger partial charge is 0.379 e. The molecular weight excluding hydrogens is 361 g/mol. The highest BCUT2D eigenvalue weighted by Crippen LogP contribution is 2.24. The Labute approximate surface area is 121 Å². The molecule has 0 unspecified atom stereocenters. The number of benzene rings is 2. The zero-order valence-corrected chi connectivity index (χ0v) is 12.0. The fraction of sp³-hybridized carbons (Fsp3) is 0. The Bertz CT molecular complexity index is 763. The molecule has 20 heavy (non-hydrogen) atoms. The molecule has 0 atom stereocenters. The molecule has 3 nitrogen and oxygen atoms in total. The summed E-state index contributed by atoms with van der Waals surface area (Å²) >= 11 is 3.00. The Morgan fingerprint density at radius 1 is 0.900 bits per heavy atom. The normalized spacial score (nSPS) is 11.4. The molecule has 0 aliphatic rings. The van der Waals surface area contributed by atoms with Crippen LogP contribution in [0.15, 0.2) is 45.8 Å². The van der Waals surface area contributed by atoms with Crippen LogP contribution in [0, 0.1) is 17.5 Å². The maximum atomic E-state index is 13.5. The predicted octanol–water partition coefficient (Wildman–Crippen LogP) is 3.63. The summed E-state index contributed by atoms with van der Waals surface area (Å²) < 4.78 is 67.8. The van der Waals surface area contributed by atoms with Crippen molar-refractivity contribution in [3.63, 3.8) is 0 Å². The fourth-order valence-electron chi connectivity index (χ4n) is 1.37. The van der Waals surface area contributed by atoms with Gasteiger partial charge in [0.1, 0.15) is 16.5 Å². The van der Waals surface area contributed by atoms with Gasteiger partial charge in [-0.15, -0.1) is 0 Å². The van der Waals surface area contributed by atoms with Gasteiger partial charge in [0.2, 0.25) is 0 Å². The lowest BCUT2D eigenvalue weighted by molar-refractivity contribution is 0.465. The summed E-state index contributed by atoms with van der Waals surface area (Å²) in [5, 5.41) is 0. The van der Waals surface area contributed by atoms with Crippen molar-refractivity contribution in [3.05, 3.63) is 58.3 Å². The Morgan fingerprint density at radius 2 is 1.55 bits per heavy atom. The minimum atomic E-state index is -4.49. The lowest BCUT2D eigenvalue weighted by atomic mass is 10.3. The number of hydrogen-bond acceptors (Lipinski definition) is 3. The third-order valence-corrected chi connectivity index (χ3v) is 4.02. The molecule has 0 spiro atoms. The van der Waals surface area contributed by atoms with Crippen molar-refractivity contribution in [1.82, 2.24) is 0 Å². The molecule has 0 aromatic heterocycles. The first-order chi connectivity index (χ1) is 9.29. The summed E-state index contributed by atoms with van der Waals surface area (Å²) in [6.45, 7) is 0. The van der Waals surface area contributed by atoms with Crippen LogP contribution < -0.4 is 4.18 Å². The zero-order chi connectivity index (χ0) is 14.9. The molecule has 2 rings (SSSR count). The number of rotatable bonds is 3. The molecule has 0 amide bonds. The van der Waals surface area contributed by atoms with Gasteiger partial charge in [-0.1, -0.05) is 15.9 Å². The van der Waals surface area contributed by atoms with Crippen molar-refractivity contribution >= 4 is 26.0 Å². The molecule has 0 N–H and O–H groups in total. The van der Waals surface area contributed by atoms with Crippen molar-refractivity contribution in [3.8, 4) is 5.75 Å². The monoisotopic (exact) mass is 366 g/mol. The highest BCUT2D eigenvalue weighted by Gasteiger charge is 2.22. The maximum Gasteiger partial charge on any atom is 0.342 e. The van der Waals surface area contributed by atoms with E-state index in [1.165, 1.54) is 6.07 Å². The second-order valence-corrected chi connectivity index (χ2v) is 6.12. The molecule has 2 aromatic rings. The van der Waals surface area contributed by atoms with Crippen molar-refractivity contribution in [2.75, 3.05) is 0 Å². The van der Waals surface area contributed by atoms with E-state index >= 15 is 0 Å². The van der Waals surface area contributed by atoms with Gasteiger partial charge >= 0.3 is 10.1 Å². The molecule has 0 heterocycles. The predicted molar refractivity (Wildman–Crippen MR) is 68.3 cm³/mol. The molecule has 8 heteroatoms. The van der Waals surface area contributed by atoms with E-state index in [9.17, 15) is 21.6 Å². The molecule has 0 saturated heterocycles. The maximum absolute atomic E-state index is 13.5. The van der Waals surface area contributed by atoms with E-state index < -0.39 is 38.2 Å². The second kappa shape index (κ2) is 5.45. The van der Waals surface area contributed by atoms with E-state index in [0.717, 1.165) is 18.2 Å². The van der Waals surface area contributed by atoms with Crippen LogP contribution >= 0.6 is 15.9 Å². The molecular formula is C12H6BrF3O3S. The van der Waals surface area contributed by atoms with Gasteiger partial charge in [0, 0.05) is 10.5 Å². The lowest BCUT2D eigenvalue weighted by Crippen LogP contribution is -2.12. The Morgan fingerprint density at radius 3 is 2.20 bits per heavy atom. The Balaban J connectivity index is 2.40. The van der Waals surface area contributed by atoms with Crippen LogP contribution in [0.3, 0.4) is 0 Å². The quantitative estimate of drug-likeness (QED) is 0.779. The molecule has 0 fully saturated rings. The fourth-order valence-corrected chi connectivity index (χ4v) is 2.91. The third kappa shape index (κ3) is 3.13. The first kappa shape index (κ1) is 14.9. The SMILES string of the molecule is O=S(=O)(Oc1ccc(F)c(F)c1)c1cc(Br)ccc1F. The van der Waals surface area contributed by atoms with Crippen LogP contribution in [0.5, 0.6) is 5.75 Å². The van der Waals surface area contributed by atoms with Crippen molar-refractivity contribution < 1.29 is 25.8 Å². The van der Waals surface area contributed by atoms with Gasteiger partial charge in [-0.2, -0.15) is 8.42 Å². The highest BCUT2D eigenvalue weighted by atomic mass is 79.9. The van der Waals surface area contributed by atoms with E-state index in [-0.39, 0.29) is 0 Å². The minimum Gasteiger partial charge on any atom is -0.379 e. The first-order valence-electron chi connectivity index (χ1n) is 5.14. The second-order valence-electron chi connectivity index (χ2n) is 3.69. The standard InChI is InChI=1S/C12H6BrF3O3S/c13-7-1-3-10(15)12(5-7)20(17,18)19-8-2-4-9(14)11(16)6-8/h1-6H. The third-order valence-electron chi connectivity index (χ3n) is 2.26. The van der Waals surface area contributed by atoms with Gasteiger partial charge in [0.15, 0.2) is 11.6 Å². The van der Waals surface area contributed by atoms with E-state index in [2.05, 4.69) is 20.1 Å². The summed E-state index contributed by atoms with van der Waals surface area (Å²) in [5.74, 6) is -3.89. The summed E-state index contributed by atoms with van der Waals surface area (Å²) in [4.78, 5) is -0.711. The molecule has 106 valence electrons. The van der Waals surface area contributed by atoms with Gasteiger partial charge in [-0.05, 0) is 30.3 Å². The van der Waals surface area contributed by atoms with Crippen molar-refractivity contribution in [2.45, 2.75) is 4.90 Å². The first-order valence-corrected chi connectivity index (χ1v) is 7.34. The lowest BCUT2D eigenvalue weighted by Gasteiger charge is -2.08. The Hall–Kier alpha value is -1.54. The highest BCUT2D eigenvalue weighted by molar-refractivity contribution is 9.10.